The molecule has 170 valence electrons. The number of rotatable bonds is 4. The van der Waals surface area contributed by atoms with Gasteiger partial charge in [-0.05, 0) is 75.8 Å². The lowest BCUT2D eigenvalue weighted by molar-refractivity contribution is 0.0712. The van der Waals surface area contributed by atoms with Crippen LogP contribution in [0.15, 0.2) is 53.6 Å². The van der Waals surface area contributed by atoms with Crippen molar-refractivity contribution in [1.29, 1.82) is 0 Å². The zero-order chi connectivity index (χ0) is 23.1. The minimum Gasteiger partial charge on any atom is -0.361 e. The number of sulfonamides is 1. The number of likely N-dealkylation sites (tertiary alicyclic amines) is 1. The number of H-pyrrole nitrogens is 1. The first-order valence-corrected chi connectivity index (χ1v) is 12.5. The van der Waals surface area contributed by atoms with Gasteiger partial charge in [0, 0.05) is 41.3 Å². The van der Waals surface area contributed by atoms with E-state index in [2.05, 4.69) is 34.1 Å². The van der Waals surface area contributed by atoms with E-state index in [1.165, 1.54) is 17.0 Å². The van der Waals surface area contributed by atoms with Crippen molar-refractivity contribution in [2.45, 2.75) is 56.9 Å². The van der Waals surface area contributed by atoms with Crippen molar-refractivity contribution < 1.29 is 13.2 Å². The second-order valence-corrected chi connectivity index (χ2v) is 11.4. The summed E-state index contributed by atoms with van der Waals surface area (Å²) in [7, 11) is -3.70. The molecule has 0 bridgehead atoms. The number of para-hydroxylation sites is 1. The number of nitrogens with zero attached hydrogens (tertiary/aromatic N) is 1. The number of aryl methyl sites for hydroxylation is 1. The maximum absolute atomic E-state index is 13.3. The van der Waals surface area contributed by atoms with Crippen LogP contribution >= 0.6 is 0 Å². The average Bonchev–Trinajstić information content (AvgIpc) is 3.16. The molecule has 7 heteroatoms. The molecule has 1 amide bonds. The largest absolute Gasteiger partial charge is 0.361 e. The summed E-state index contributed by atoms with van der Waals surface area (Å²) in [5.74, 6) is 0.298. The van der Waals surface area contributed by atoms with Crippen LogP contribution in [0.4, 0.5) is 0 Å². The number of nitrogens with one attached hydrogen (secondary N) is 2. The normalized spacial score (nSPS) is 15.9. The molecule has 2 N–H and O–H groups in total. The molecule has 6 nitrogen and oxygen atoms in total. The fourth-order valence-electron chi connectivity index (χ4n) is 4.46. The van der Waals surface area contributed by atoms with Crippen molar-refractivity contribution in [2.24, 2.45) is 0 Å². The summed E-state index contributed by atoms with van der Waals surface area (Å²) in [4.78, 5) is 18.6. The van der Waals surface area contributed by atoms with E-state index in [1.807, 2.05) is 17.9 Å². The SMILES string of the molecule is Cc1ccc(S(=O)(=O)NC(C)(C)C)cc1C(=O)N1CCC(c2c[nH]c3ccccc23)CC1. The van der Waals surface area contributed by atoms with E-state index in [9.17, 15) is 13.2 Å². The van der Waals surface area contributed by atoms with Gasteiger partial charge in [0.05, 0.1) is 4.90 Å². The molecule has 2 aromatic carbocycles. The fourth-order valence-corrected chi connectivity index (χ4v) is 5.90. The topological polar surface area (TPSA) is 82.3 Å². The number of amides is 1. The first-order chi connectivity index (χ1) is 15.0. The van der Waals surface area contributed by atoms with Crippen molar-refractivity contribution >= 4 is 26.8 Å². The van der Waals surface area contributed by atoms with Crippen molar-refractivity contribution in [2.75, 3.05) is 13.1 Å². The molecule has 3 aromatic rings. The van der Waals surface area contributed by atoms with Crippen LogP contribution in [-0.4, -0.2) is 42.8 Å². The van der Waals surface area contributed by atoms with Gasteiger partial charge < -0.3 is 9.88 Å². The Morgan fingerprint density at radius 2 is 1.78 bits per heavy atom. The van der Waals surface area contributed by atoms with Gasteiger partial charge in [-0.3, -0.25) is 4.79 Å². The van der Waals surface area contributed by atoms with Crippen LogP contribution in [0.2, 0.25) is 0 Å². The summed E-state index contributed by atoms with van der Waals surface area (Å²) in [6.07, 6.45) is 3.86. The van der Waals surface area contributed by atoms with Crippen molar-refractivity contribution in [1.82, 2.24) is 14.6 Å². The predicted molar refractivity (Wildman–Crippen MR) is 127 cm³/mol. The molecule has 0 spiro atoms. The molecule has 1 aromatic heterocycles. The Morgan fingerprint density at radius 3 is 2.47 bits per heavy atom. The summed E-state index contributed by atoms with van der Waals surface area (Å²) >= 11 is 0. The monoisotopic (exact) mass is 453 g/mol. The average molecular weight is 454 g/mol. The van der Waals surface area contributed by atoms with Gasteiger partial charge in [0.15, 0.2) is 0 Å². The highest BCUT2D eigenvalue weighted by Gasteiger charge is 2.28. The summed E-state index contributed by atoms with van der Waals surface area (Å²) in [5, 5.41) is 1.25. The van der Waals surface area contributed by atoms with Gasteiger partial charge in [-0.1, -0.05) is 24.3 Å². The standard InChI is InChI=1S/C25H31N3O3S/c1-17-9-10-19(32(30,31)27-25(2,3)4)15-21(17)24(29)28-13-11-18(12-14-28)22-16-26-23-8-6-5-7-20(22)23/h5-10,15-16,18,26-27H,11-14H2,1-4H3. The number of carbonyl (C=O) groups is 1. The van der Waals surface area contributed by atoms with Crippen LogP contribution < -0.4 is 4.72 Å². The lowest BCUT2D eigenvalue weighted by Crippen LogP contribution is -2.41. The highest BCUT2D eigenvalue weighted by atomic mass is 32.2. The molecule has 1 saturated heterocycles. The van der Waals surface area contributed by atoms with Crippen molar-refractivity contribution in [3.63, 3.8) is 0 Å². The molecule has 0 saturated carbocycles. The number of fused-ring (bicyclic) bond motifs is 1. The number of piperidine rings is 1. The first kappa shape index (κ1) is 22.6. The molecule has 1 fully saturated rings. The lowest BCUT2D eigenvalue weighted by atomic mass is 9.89. The van der Waals surface area contributed by atoms with Crippen molar-refractivity contribution in [3.05, 3.63) is 65.4 Å². The molecule has 2 heterocycles. The minimum absolute atomic E-state index is 0.104. The molecular weight excluding hydrogens is 422 g/mol. The Labute approximate surface area is 190 Å². The Balaban J connectivity index is 1.51. The fraction of sp³-hybridized carbons (Fsp3) is 0.400. The van der Waals surface area contributed by atoms with Crippen LogP contribution in [0.5, 0.6) is 0 Å². The third kappa shape index (κ3) is 4.59. The quantitative estimate of drug-likeness (QED) is 0.607. The third-order valence-electron chi connectivity index (χ3n) is 6.03. The van der Waals surface area contributed by atoms with E-state index in [4.69, 9.17) is 0 Å². The number of carbonyl (C=O) groups excluding carboxylic acids is 1. The minimum atomic E-state index is -3.70. The molecule has 1 aliphatic rings. The van der Waals surface area contributed by atoms with Gasteiger partial charge in [0.1, 0.15) is 0 Å². The second-order valence-electron chi connectivity index (χ2n) is 9.69. The zero-order valence-corrected chi connectivity index (χ0v) is 19.9. The van der Waals surface area contributed by atoms with Gasteiger partial charge in [0.2, 0.25) is 10.0 Å². The Kier molecular flexibility index (Phi) is 5.90. The predicted octanol–water partition coefficient (Wildman–Crippen LogP) is 4.57. The summed E-state index contributed by atoms with van der Waals surface area (Å²) in [5.41, 5.74) is 3.08. The van der Waals surface area contributed by atoms with E-state index >= 15 is 0 Å². The van der Waals surface area contributed by atoms with Crippen LogP contribution in [0.1, 0.15) is 61.0 Å². The van der Waals surface area contributed by atoms with Crippen LogP contribution in [0.25, 0.3) is 10.9 Å². The van der Waals surface area contributed by atoms with Crippen LogP contribution in [0, 0.1) is 6.92 Å². The summed E-state index contributed by atoms with van der Waals surface area (Å²) in [6, 6.07) is 13.1. The van der Waals surface area contributed by atoms with E-state index in [0.29, 0.717) is 24.6 Å². The highest BCUT2D eigenvalue weighted by Crippen LogP contribution is 2.33. The summed E-state index contributed by atoms with van der Waals surface area (Å²) in [6.45, 7) is 8.53. The van der Waals surface area contributed by atoms with Crippen LogP contribution in [-0.2, 0) is 10.0 Å². The number of hydrogen-bond acceptors (Lipinski definition) is 3. The molecule has 0 unspecified atom stereocenters. The zero-order valence-electron chi connectivity index (χ0n) is 19.1. The first-order valence-electron chi connectivity index (χ1n) is 11.0. The molecule has 4 rings (SSSR count). The smallest absolute Gasteiger partial charge is 0.254 e. The molecule has 0 aliphatic carbocycles. The van der Waals surface area contributed by atoms with E-state index in [1.54, 1.807) is 32.9 Å². The molecular formula is C25H31N3O3S. The number of aromatic nitrogens is 1. The van der Waals surface area contributed by atoms with E-state index in [0.717, 1.165) is 23.9 Å². The van der Waals surface area contributed by atoms with E-state index < -0.39 is 15.6 Å². The molecule has 0 atom stereocenters. The number of aromatic amines is 1. The lowest BCUT2D eigenvalue weighted by Gasteiger charge is -2.32. The molecule has 32 heavy (non-hydrogen) atoms. The van der Waals surface area contributed by atoms with Gasteiger partial charge in [0.25, 0.3) is 5.91 Å². The Bertz CT molecular complexity index is 1250. The number of benzene rings is 2. The van der Waals surface area contributed by atoms with Gasteiger partial charge >= 0.3 is 0 Å². The van der Waals surface area contributed by atoms with E-state index in [-0.39, 0.29) is 10.8 Å². The Morgan fingerprint density at radius 1 is 1.09 bits per heavy atom. The maximum Gasteiger partial charge on any atom is 0.254 e. The van der Waals surface area contributed by atoms with Gasteiger partial charge in [-0.2, -0.15) is 0 Å². The summed E-state index contributed by atoms with van der Waals surface area (Å²) < 4.78 is 28.2. The number of hydrogen-bond donors (Lipinski definition) is 2. The highest BCUT2D eigenvalue weighted by molar-refractivity contribution is 7.89. The maximum atomic E-state index is 13.3. The third-order valence-corrected chi connectivity index (χ3v) is 7.79. The molecule has 0 radical (unpaired) electrons. The van der Waals surface area contributed by atoms with Gasteiger partial charge in [-0.25, -0.2) is 13.1 Å². The molecule has 1 aliphatic heterocycles. The Hall–Kier alpha value is -2.64. The second kappa shape index (κ2) is 8.37. The van der Waals surface area contributed by atoms with Crippen molar-refractivity contribution in [3.8, 4) is 0 Å². The van der Waals surface area contributed by atoms with Crippen LogP contribution in [0.3, 0.4) is 0 Å². The van der Waals surface area contributed by atoms with Gasteiger partial charge in [-0.15, -0.1) is 0 Å².